The third-order valence-corrected chi connectivity index (χ3v) is 3.42. The van der Waals surface area contributed by atoms with Crippen molar-refractivity contribution in [1.29, 1.82) is 0 Å². The molecule has 7 nitrogen and oxygen atoms in total. The van der Waals surface area contributed by atoms with E-state index in [9.17, 15) is 9.59 Å². The lowest BCUT2D eigenvalue weighted by Crippen LogP contribution is -2.42. The molecule has 0 spiro atoms. The van der Waals surface area contributed by atoms with Crippen molar-refractivity contribution >= 4 is 28.3 Å². The van der Waals surface area contributed by atoms with E-state index in [4.69, 9.17) is 10.5 Å². The van der Waals surface area contributed by atoms with Crippen LogP contribution in [0.25, 0.3) is 0 Å². The van der Waals surface area contributed by atoms with E-state index in [1.807, 2.05) is 0 Å². The maximum absolute atomic E-state index is 11.8. The van der Waals surface area contributed by atoms with E-state index < -0.39 is 0 Å². The fourth-order valence-corrected chi connectivity index (χ4v) is 2.28. The predicted molar refractivity (Wildman–Crippen MR) is 70.9 cm³/mol. The van der Waals surface area contributed by atoms with E-state index in [0.29, 0.717) is 43.7 Å². The van der Waals surface area contributed by atoms with Crippen molar-refractivity contribution in [3.63, 3.8) is 0 Å². The molecule has 8 heteroatoms. The number of nitrogens with one attached hydrogen (secondary N) is 1. The van der Waals surface area contributed by atoms with Crippen LogP contribution >= 0.6 is 11.3 Å². The molecule has 0 atom stereocenters. The molecule has 1 fully saturated rings. The summed E-state index contributed by atoms with van der Waals surface area (Å²) in [6, 6.07) is 0. The van der Waals surface area contributed by atoms with Crippen molar-refractivity contribution in [2.45, 2.75) is 6.42 Å². The number of rotatable bonds is 4. The van der Waals surface area contributed by atoms with Crippen LogP contribution < -0.4 is 11.1 Å². The normalized spacial score (nSPS) is 15.3. The van der Waals surface area contributed by atoms with Crippen LogP contribution in [-0.2, 0) is 9.53 Å². The zero-order valence-corrected chi connectivity index (χ0v) is 11.2. The van der Waals surface area contributed by atoms with Gasteiger partial charge in [0.1, 0.15) is 5.69 Å². The zero-order chi connectivity index (χ0) is 13.7. The first kappa shape index (κ1) is 13.8. The minimum absolute atomic E-state index is 0.0291. The van der Waals surface area contributed by atoms with Crippen LogP contribution in [0.15, 0.2) is 5.38 Å². The van der Waals surface area contributed by atoms with E-state index in [-0.39, 0.29) is 18.2 Å². The Bertz CT molecular complexity index is 457. The minimum Gasteiger partial charge on any atom is -0.378 e. The molecule has 1 aliphatic heterocycles. The Hall–Kier alpha value is -1.67. The fraction of sp³-hybridized carbons (Fsp3) is 0.545. The lowest BCUT2D eigenvalue weighted by atomic mass is 10.3. The van der Waals surface area contributed by atoms with Gasteiger partial charge in [-0.2, -0.15) is 0 Å². The largest absolute Gasteiger partial charge is 0.378 e. The van der Waals surface area contributed by atoms with Gasteiger partial charge < -0.3 is 20.7 Å². The number of anilines is 1. The van der Waals surface area contributed by atoms with Crippen LogP contribution in [0.5, 0.6) is 0 Å². The van der Waals surface area contributed by atoms with E-state index in [0.717, 1.165) is 0 Å². The second-order valence-electron chi connectivity index (χ2n) is 4.07. The molecule has 2 heterocycles. The van der Waals surface area contributed by atoms with Gasteiger partial charge in [-0.15, -0.1) is 11.3 Å². The summed E-state index contributed by atoms with van der Waals surface area (Å²) in [5.74, 6) is -0.274. The molecule has 2 rings (SSSR count). The number of carbonyl (C=O) groups is 2. The van der Waals surface area contributed by atoms with Gasteiger partial charge in [-0.3, -0.25) is 9.59 Å². The van der Waals surface area contributed by atoms with Crippen LogP contribution in [-0.4, -0.2) is 54.5 Å². The van der Waals surface area contributed by atoms with Crippen LogP contribution in [0.1, 0.15) is 16.9 Å². The van der Waals surface area contributed by atoms with E-state index in [1.54, 1.807) is 10.3 Å². The molecule has 0 aromatic carbocycles. The highest BCUT2D eigenvalue weighted by atomic mass is 32.1. The number of amides is 2. The van der Waals surface area contributed by atoms with Gasteiger partial charge >= 0.3 is 0 Å². The van der Waals surface area contributed by atoms with Crippen LogP contribution in [0.3, 0.4) is 0 Å². The Morgan fingerprint density at radius 3 is 2.84 bits per heavy atom. The van der Waals surface area contributed by atoms with Crippen LogP contribution in [0, 0.1) is 0 Å². The van der Waals surface area contributed by atoms with Crippen molar-refractivity contribution in [3.05, 3.63) is 11.1 Å². The number of nitrogen functional groups attached to an aromatic ring is 1. The van der Waals surface area contributed by atoms with Gasteiger partial charge in [-0.25, -0.2) is 4.98 Å². The summed E-state index contributed by atoms with van der Waals surface area (Å²) >= 11 is 1.21. The third-order valence-electron chi connectivity index (χ3n) is 2.74. The molecule has 0 aliphatic carbocycles. The lowest BCUT2D eigenvalue weighted by Gasteiger charge is -2.26. The maximum atomic E-state index is 11.8. The first-order chi connectivity index (χ1) is 9.16. The summed E-state index contributed by atoms with van der Waals surface area (Å²) in [4.78, 5) is 29.1. The SMILES string of the molecule is Nc1nc(C(=O)NCCC(=O)N2CCOCC2)cs1. The monoisotopic (exact) mass is 284 g/mol. The number of aromatic nitrogens is 1. The Balaban J connectivity index is 1.71. The molecule has 2 amide bonds. The summed E-state index contributed by atoms with van der Waals surface area (Å²) in [7, 11) is 0. The smallest absolute Gasteiger partial charge is 0.270 e. The molecule has 0 bridgehead atoms. The number of carbonyl (C=O) groups excluding carboxylic acids is 2. The Morgan fingerprint density at radius 2 is 2.21 bits per heavy atom. The van der Waals surface area contributed by atoms with Crippen LogP contribution in [0.4, 0.5) is 5.13 Å². The Morgan fingerprint density at radius 1 is 1.47 bits per heavy atom. The average Bonchev–Trinajstić information content (AvgIpc) is 2.86. The fourth-order valence-electron chi connectivity index (χ4n) is 1.74. The molecular formula is C11H16N4O3S. The number of nitrogens with two attached hydrogens (primary N) is 1. The first-order valence-corrected chi connectivity index (χ1v) is 6.89. The van der Waals surface area contributed by atoms with Crippen molar-refractivity contribution < 1.29 is 14.3 Å². The van der Waals surface area contributed by atoms with E-state index >= 15 is 0 Å². The Labute approximate surface area is 114 Å². The van der Waals surface area contributed by atoms with E-state index in [1.165, 1.54) is 11.3 Å². The first-order valence-electron chi connectivity index (χ1n) is 6.01. The minimum atomic E-state index is -0.303. The van der Waals surface area contributed by atoms with Gasteiger partial charge in [0, 0.05) is 31.4 Å². The average molecular weight is 284 g/mol. The second kappa shape index (κ2) is 6.48. The van der Waals surface area contributed by atoms with Crippen molar-refractivity contribution in [2.24, 2.45) is 0 Å². The second-order valence-corrected chi connectivity index (χ2v) is 4.96. The summed E-state index contributed by atoms with van der Waals surface area (Å²) in [5.41, 5.74) is 5.74. The topological polar surface area (TPSA) is 97.5 Å². The van der Waals surface area contributed by atoms with Gasteiger partial charge in [0.2, 0.25) is 5.91 Å². The number of thiazole rings is 1. The molecule has 0 unspecified atom stereocenters. The predicted octanol–water partition coefficient (Wildman–Crippen LogP) is -0.296. The number of hydrogen-bond donors (Lipinski definition) is 2. The number of hydrogen-bond acceptors (Lipinski definition) is 6. The van der Waals surface area contributed by atoms with Gasteiger partial charge in [-0.05, 0) is 0 Å². The van der Waals surface area contributed by atoms with Gasteiger partial charge in [-0.1, -0.05) is 0 Å². The van der Waals surface area contributed by atoms with Gasteiger partial charge in [0.15, 0.2) is 5.13 Å². The standard InChI is InChI=1S/C11H16N4O3S/c12-11-14-8(7-19-11)10(17)13-2-1-9(16)15-3-5-18-6-4-15/h7H,1-6H2,(H2,12,14)(H,13,17). The Kier molecular flexibility index (Phi) is 4.69. The molecular weight excluding hydrogens is 268 g/mol. The number of nitrogens with zero attached hydrogens (tertiary/aromatic N) is 2. The summed E-state index contributed by atoms with van der Waals surface area (Å²) in [5, 5.41) is 4.60. The molecule has 1 aliphatic rings. The number of ether oxygens (including phenoxy) is 1. The summed E-state index contributed by atoms with van der Waals surface area (Å²) < 4.78 is 5.17. The van der Waals surface area contributed by atoms with Crippen molar-refractivity contribution in [3.8, 4) is 0 Å². The highest BCUT2D eigenvalue weighted by Gasteiger charge is 2.17. The molecule has 0 saturated carbocycles. The molecule has 1 saturated heterocycles. The van der Waals surface area contributed by atoms with Gasteiger partial charge in [0.05, 0.1) is 13.2 Å². The summed E-state index contributed by atoms with van der Waals surface area (Å²) in [6.07, 6.45) is 0.283. The van der Waals surface area contributed by atoms with Crippen molar-refractivity contribution in [2.75, 3.05) is 38.6 Å². The van der Waals surface area contributed by atoms with Crippen LogP contribution in [0.2, 0.25) is 0 Å². The lowest BCUT2D eigenvalue weighted by molar-refractivity contribution is -0.135. The quantitative estimate of drug-likeness (QED) is 0.791. The highest BCUT2D eigenvalue weighted by Crippen LogP contribution is 2.10. The van der Waals surface area contributed by atoms with Gasteiger partial charge in [0.25, 0.3) is 5.91 Å². The summed E-state index contributed by atoms with van der Waals surface area (Å²) in [6.45, 7) is 2.70. The highest BCUT2D eigenvalue weighted by molar-refractivity contribution is 7.13. The number of morpholine rings is 1. The van der Waals surface area contributed by atoms with E-state index in [2.05, 4.69) is 10.3 Å². The van der Waals surface area contributed by atoms with Crippen molar-refractivity contribution in [1.82, 2.24) is 15.2 Å². The molecule has 1 aromatic rings. The molecule has 104 valence electrons. The molecule has 3 N–H and O–H groups in total. The molecule has 0 radical (unpaired) electrons. The maximum Gasteiger partial charge on any atom is 0.270 e. The zero-order valence-electron chi connectivity index (χ0n) is 10.4. The third kappa shape index (κ3) is 3.90. The molecule has 19 heavy (non-hydrogen) atoms. The molecule has 1 aromatic heterocycles.